The van der Waals surface area contributed by atoms with Gasteiger partial charge in [-0.15, -0.1) is 0 Å². The lowest BCUT2D eigenvalue weighted by Crippen LogP contribution is -2.23. The van der Waals surface area contributed by atoms with Gasteiger partial charge < -0.3 is 5.32 Å². The summed E-state index contributed by atoms with van der Waals surface area (Å²) in [6.07, 6.45) is 0.804. The largest absolute Gasteiger partial charge is 0.310 e. The maximum atomic E-state index is 13.2. The van der Waals surface area contributed by atoms with Crippen LogP contribution in [-0.2, 0) is 6.42 Å². The highest BCUT2D eigenvalue weighted by atomic mass is 79.9. The predicted octanol–water partition coefficient (Wildman–Crippen LogP) is 5.13. The molecule has 1 nitrogen and oxygen atoms in total. The summed E-state index contributed by atoms with van der Waals surface area (Å²) >= 11 is 9.46. The van der Waals surface area contributed by atoms with Gasteiger partial charge in [-0.3, -0.25) is 0 Å². The van der Waals surface area contributed by atoms with Gasteiger partial charge in [0.1, 0.15) is 5.82 Å². The minimum atomic E-state index is -0.237. The monoisotopic (exact) mass is 355 g/mol. The van der Waals surface area contributed by atoms with Crippen LogP contribution in [0.2, 0.25) is 5.02 Å². The fraction of sp³-hybridized carbons (Fsp3) is 0.250. The quantitative estimate of drug-likeness (QED) is 0.782. The van der Waals surface area contributed by atoms with E-state index in [0.717, 1.165) is 33.6 Å². The average Bonchev–Trinajstić information content (AvgIpc) is 2.38. The van der Waals surface area contributed by atoms with Crippen LogP contribution < -0.4 is 5.32 Å². The molecule has 106 valence electrons. The summed E-state index contributed by atoms with van der Waals surface area (Å²) in [5, 5.41) is 4.16. The first-order chi connectivity index (χ1) is 9.60. The third-order valence-corrected chi connectivity index (χ3v) is 4.04. The molecule has 0 aromatic heterocycles. The third-order valence-electron chi connectivity index (χ3n) is 3.12. The Kier molecular flexibility index (Phi) is 5.58. The summed E-state index contributed by atoms with van der Waals surface area (Å²) in [4.78, 5) is 0. The zero-order valence-electron chi connectivity index (χ0n) is 11.2. The standard InChI is InChI=1S/C16H16BrClFN/c1-2-20-16(9-11-4-3-5-12(18)8-11)14-7-6-13(19)10-15(14)17/h3-8,10,16,20H,2,9H2,1H3. The van der Waals surface area contributed by atoms with E-state index in [1.807, 2.05) is 30.3 Å². The van der Waals surface area contributed by atoms with Crippen molar-refractivity contribution in [2.24, 2.45) is 0 Å². The highest BCUT2D eigenvalue weighted by Crippen LogP contribution is 2.27. The highest BCUT2D eigenvalue weighted by Gasteiger charge is 2.15. The van der Waals surface area contributed by atoms with Gasteiger partial charge in [-0.2, -0.15) is 0 Å². The van der Waals surface area contributed by atoms with Crippen molar-refractivity contribution < 1.29 is 4.39 Å². The SMILES string of the molecule is CCNC(Cc1cccc(Cl)c1)c1ccc(F)cc1Br. The topological polar surface area (TPSA) is 12.0 Å². The normalized spacial score (nSPS) is 12.4. The van der Waals surface area contributed by atoms with Gasteiger partial charge in [0.2, 0.25) is 0 Å². The molecule has 0 aliphatic carbocycles. The molecule has 0 radical (unpaired) electrons. The van der Waals surface area contributed by atoms with Crippen LogP contribution in [0.4, 0.5) is 4.39 Å². The molecule has 0 bridgehead atoms. The van der Waals surface area contributed by atoms with E-state index in [1.165, 1.54) is 12.1 Å². The third kappa shape index (κ3) is 4.05. The number of nitrogens with one attached hydrogen (secondary N) is 1. The van der Waals surface area contributed by atoms with Crippen molar-refractivity contribution in [1.82, 2.24) is 5.32 Å². The fourth-order valence-corrected chi connectivity index (χ4v) is 3.06. The molecular formula is C16H16BrClFN. The van der Waals surface area contributed by atoms with Gasteiger partial charge in [0.15, 0.2) is 0 Å². The van der Waals surface area contributed by atoms with E-state index in [0.29, 0.717) is 0 Å². The lowest BCUT2D eigenvalue weighted by Gasteiger charge is -2.20. The van der Waals surface area contributed by atoms with Crippen molar-refractivity contribution >= 4 is 27.5 Å². The van der Waals surface area contributed by atoms with Gasteiger partial charge in [-0.05, 0) is 48.4 Å². The number of rotatable bonds is 5. The number of hydrogen-bond donors (Lipinski definition) is 1. The first kappa shape index (κ1) is 15.5. The number of halogens is 3. The second-order valence-electron chi connectivity index (χ2n) is 4.61. The summed E-state index contributed by atoms with van der Waals surface area (Å²) < 4.78 is 14.0. The molecule has 4 heteroatoms. The molecule has 0 fully saturated rings. The molecule has 20 heavy (non-hydrogen) atoms. The Labute approximate surface area is 132 Å². The van der Waals surface area contributed by atoms with E-state index >= 15 is 0 Å². The fourth-order valence-electron chi connectivity index (χ4n) is 2.22. The molecule has 2 aromatic carbocycles. The Morgan fingerprint density at radius 2 is 2.05 bits per heavy atom. The second-order valence-corrected chi connectivity index (χ2v) is 5.90. The Hall–Kier alpha value is -0.900. The molecule has 0 saturated heterocycles. The molecule has 0 amide bonds. The van der Waals surface area contributed by atoms with Crippen LogP contribution in [0, 0.1) is 5.82 Å². The van der Waals surface area contributed by atoms with Crippen molar-refractivity contribution in [2.45, 2.75) is 19.4 Å². The minimum Gasteiger partial charge on any atom is -0.310 e. The molecule has 1 N–H and O–H groups in total. The molecule has 0 aliphatic rings. The smallest absolute Gasteiger partial charge is 0.124 e. The molecule has 1 unspecified atom stereocenters. The molecule has 1 atom stereocenters. The van der Waals surface area contributed by atoms with E-state index in [1.54, 1.807) is 0 Å². The van der Waals surface area contributed by atoms with Crippen LogP contribution in [0.15, 0.2) is 46.9 Å². The lowest BCUT2D eigenvalue weighted by molar-refractivity contribution is 0.545. The van der Waals surface area contributed by atoms with Crippen LogP contribution in [-0.4, -0.2) is 6.54 Å². The van der Waals surface area contributed by atoms with Crippen LogP contribution in [0.5, 0.6) is 0 Å². The van der Waals surface area contributed by atoms with Crippen molar-refractivity contribution in [3.8, 4) is 0 Å². The summed E-state index contributed by atoms with van der Waals surface area (Å²) in [7, 11) is 0. The summed E-state index contributed by atoms with van der Waals surface area (Å²) in [6, 6.07) is 12.7. The predicted molar refractivity (Wildman–Crippen MR) is 85.7 cm³/mol. The average molecular weight is 357 g/mol. The summed E-state index contributed by atoms with van der Waals surface area (Å²) in [5.74, 6) is -0.237. The van der Waals surface area contributed by atoms with Gasteiger partial charge in [-0.25, -0.2) is 4.39 Å². The Morgan fingerprint density at radius 3 is 2.70 bits per heavy atom. The van der Waals surface area contributed by atoms with Crippen LogP contribution in [0.1, 0.15) is 24.1 Å². The van der Waals surface area contributed by atoms with E-state index in [-0.39, 0.29) is 11.9 Å². The zero-order valence-corrected chi connectivity index (χ0v) is 13.5. The van der Waals surface area contributed by atoms with Crippen molar-refractivity contribution in [3.05, 3.63) is 68.9 Å². The van der Waals surface area contributed by atoms with Crippen LogP contribution >= 0.6 is 27.5 Å². The van der Waals surface area contributed by atoms with Gasteiger partial charge >= 0.3 is 0 Å². The highest BCUT2D eigenvalue weighted by molar-refractivity contribution is 9.10. The first-order valence-electron chi connectivity index (χ1n) is 6.53. The van der Waals surface area contributed by atoms with E-state index in [9.17, 15) is 4.39 Å². The van der Waals surface area contributed by atoms with E-state index in [2.05, 4.69) is 28.2 Å². The first-order valence-corrected chi connectivity index (χ1v) is 7.70. The van der Waals surface area contributed by atoms with Crippen molar-refractivity contribution in [3.63, 3.8) is 0 Å². The maximum absolute atomic E-state index is 13.2. The van der Waals surface area contributed by atoms with Crippen molar-refractivity contribution in [1.29, 1.82) is 0 Å². The summed E-state index contributed by atoms with van der Waals surface area (Å²) in [6.45, 7) is 2.90. The van der Waals surface area contributed by atoms with E-state index in [4.69, 9.17) is 11.6 Å². The molecule has 0 spiro atoms. The molecule has 0 heterocycles. The maximum Gasteiger partial charge on any atom is 0.124 e. The zero-order chi connectivity index (χ0) is 14.5. The van der Waals surface area contributed by atoms with Gasteiger partial charge in [0.25, 0.3) is 0 Å². The van der Waals surface area contributed by atoms with Crippen LogP contribution in [0.3, 0.4) is 0 Å². The van der Waals surface area contributed by atoms with E-state index < -0.39 is 0 Å². The lowest BCUT2D eigenvalue weighted by atomic mass is 9.99. The van der Waals surface area contributed by atoms with Crippen LogP contribution in [0.25, 0.3) is 0 Å². The molecule has 0 saturated carbocycles. The Morgan fingerprint density at radius 1 is 1.25 bits per heavy atom. The number of hydrogen-bond acceptors (Lipinski definition) is 1. The van der Waals surface area contributed by atoms with Gasteiger partial charge in [0, 0.05) is 15.5 Å². The number of likely N-dealkylation sites (N-methyl/N-ethyl adjacent to an activating group) is 1. The van der Waals surface area contributed by atoms with Gasteiger partial charge in [-0.1, -0.05) is 52.7 Å². The number of benzene rings is 2. The van der Waals surface area contributed by atoms with Crippen molar-refractivity contribution in [2.75, 3.05) is 6.54 Å². The molecule has 2 rings (SSSR count). The minimum absolute atomic E-state index is 0.119. The second kappa shape index (κ2) is 7.21. The molecule has 2 aromatic rings. The molecule has 0 aliphatic heterocycles. The summed E-state index contributed by atoms with van der Waals surface area (Å²) in [5.41, 5.74) is 2.20. The Balaban J connectivity index is 2.26. The van der Waals surface area contributed by atoms with Gasteiger partial charge in [0.05, 0.1) is 0 Å². The Bertz CT molecular complexity index is 588. The molecular weight excluding hydrogens is 341 g/mol.